The molecular formula is C23H32N6O4. The van der Waals surface area contributed by atoms with E-state index in [2.05, 4.69) is 16.0 Å². The highest BCUT2D eigenvalue weighted by molar-refractivity contribution is 6.05. The maximum atomic E-state index is 13.4. The minimum atomic E-state index is -0.871. The zero-order valence-corrected chi connectivity index (χ0v) is 18.7. The van der Waals surface area contributed by atoms with Gasteiger partial charge in [0.25, 0.3) is 5.91 Å². The van der Waals surface area contributed by atoms with Gasteiger partial charge in [-0.15, -0.1) is 0 Å². The van der Waals surface area contributed by atoms with Gasteiger partial charge in [0.2, 0.25) is 11.8 Å². The number of hydrogen-bond acceptors (Lipinski definition) is 7. The average Bonchev–Trinajstić information content (AvgIpc) is 3.30. The number of nitrogens with zero attached hydrogens (tertiary/aromatic N) is 1. The summed E-state index contributed by atoms with van der Waals surface area (Å²) in [5, 5.41) is 20.2. The predicted octanol–water partition coefficient (Wildman–Crippen LogP) is -0.0484. The normalized spacial score (nSPS) is 16.7. The van der Waals surface area contributed by atoms with E-state index < -0.39 is 24.3 Å². The largest absolute Gasteiger partial charge is 0.506 e. The van der Waals surface area contributed by atoms with Gasteiger partial charge in [0, 0.05) is 19.0 Å². The molecule has 0 radical (unpaired) electrons. The van der Waals surface area contributed by atoms with Crippen LogP contribution < -0.4 is 27.4 Å². The minimum absolute atomic E-state index is 0.0814. The summed E-state index contributed by atoms with van der Waals surface area (Å²) in [5.41, 5.74) is 11.1. The number of fused-ring (bicyclic) bond motifs is 1. The average molecular weight is 457 g/mol. The molecule has 178 valence electrons. The fraction of sp³-hybridized carbons (Fsp3) is 0.435. The second-order valence-electron chi connectivity index (χ2n) is 8.13. The zero-order chi connectivity index (χ0) is 24.0. The maximum Gasteiger partial charge on any atom is 0.255 e. The first-order chi connectivity index (χ1) is 15.8. The third kappa shape index (κ3) is 5.78. The van der Waals surface area contributed by atoms with Gasteiger partial charge in [-0.05, 0) is 43.7 Å². The number of likely N-dealkylation sites (N-methyl/N-ethyl adjacent to an activating group) is 1. The van der Waals surface area contributed by atoms with Crippen molar-refractivity contribution in [2.24, 2.45) is 11.5 Å². The van der Waals surface area contributed by atoms with Crippen LogP contribution >= 0.6 is 0 Å². The van der Waals surface area contributed by atoms with Gasteiger partial charge in [-0.25, -0.2) is 0 Å². The number of carbonyl (C=O) groups excluding carboxylic acids is 3. The van der Waals surface area contributed by atoms with Gasteiger partial charge in [0.05, 0.1) is 5.56 Å². The van der Waals surface area contributed by atoms with Crippen molar-refractivity contribution in [1.82, 2.24) is 20.9 Å². The third-order valence-electron chi connectivity index (χ3n) is 5.88. The van der Waals surface area contributed by atoms with E-state index in [0.717, 1.165) is 5.39 Å². The molecule has 10 nitrogen and oxygen atoms in total. The Morgan fingerprint density at radius 3 is 2.67 bits per heavy atom. The highest BCUT2D eigenvalue weighted by Crippen LogP contribution is 2.29. The molecule has 1 fully saturated rings. The van der Waals surface area contributed by atoms with Crippen LogP contribution in [-0.4, -0.2) is 66.2 Å². The maximum absolute atomic E-state index is 13.4. The Hall–Kier alpha value is -3.21. The summed E-state index contributed by atoms with van der Waals surface area (Å²) in [6, 6.07) is 9.03. The number of likely N-dealkylation sites (tertiary alicyclic amines) is 1. The lowest BCUT2D eigenvalue weighted by Gasteiger charge is -2.28. The number of phenols is 1. The molecule has 33 heavy (non-hydrogen) atoms. The SMILES string of the molecule is CNC(=O)C1CCCN1C(=O)C(CCCNC(N)N)NC(=O)c1ccc2ccccc2c1O. The van der Waals surface area contributed by atoms with E-state index in [1.807, 2.05) is 12.1 Å². The number of nitrogens with two attached hydrogens (primary N) is 2. The van der Waals surface area contributed by atoms with Gasteiger partial charge >= 0.3 is 0 Å². The van der Waals surface area contributed by atoms with E-state index in [9.17, 15) is 19.5 Å². The monoisotopic (exact) mass is 456 g/mol. The van der Waals surface area contributed by atoms with Gasteiger partial charge in [0.1, 0.15) is 24.1 Å². The van der Waals surface area contributed by atoms with Crippen LogP contribution in [0.5, 0.6) is 5.75 Å². The van der Waals surface area contributed by atoms with Crippen LogP contribution in [0.15, 0.2) is 36.4 Å². The molecule has 10 heteroatoms. The molecule has 0 aromatic heterocycles. The topological polar surface area (TPSA) is 163 Å². The molecule has 2 aromatic rings. The van der Waals surface area contributed by atoms with Gasteiger partial charge in [-0.1, -0.05) is 30.3 Å². The van der Waals surface area contributed by atoms with E-state index in [4.69, 9.17) is 11.5 Å². The summed E-state index contributed by atoms with van der Waals surface area (Å²) >= 11 is 0. The summed E-state index contributed by atoms with van der Waals surface area (Å²) in [4.78, 5) is 40.2. The van der Waals surface area contributed by atoms with Gasteiger partial charge < -0.3 is 32.1 Å². The Kier molecular flexibility index (Phi) is 8.21. The van der Waals surface area contributed by atoms with Crippen molar-refractivity contribution >= 4 is 28.5 Å². The molecule has 1 saturated heterocycles. The minimum Gasteiger partial charge on any atom is -0.506 e. The van der Waals surface area contributed by atoms with Crippen LogP contribution in [-0.2, 0) is 9.59 Å². The molecule has 0 bridgehead atoms. The van der Waals surface area contributed by atoms with E-state index in [1.54, 1.807) is 18.2 Å². The Balaban J connectivity index is 1.80. The summed E-state index contributed by atoms with van der Waals surface area (Å²) in [6.07, 6.45) is 1.43. The summed E-state index contributed by atoms with van der Waals surface area (Å²) in [5.74, 6) is -1.26. The molecule has 2 aromatic carbocycles. The van der Waals surface area contributed by atoms with Crippen LogP contribution in [0.1, 0.15) is 36.0 Å². The standard InChI is InChI=1S/C23H32N6O4/c1-26-21(32)18-9-5-13-29(18)22(33)17(8-4-12-27-23(24)25)28-20(31)16-11-10-14-6-2-3-7-15(14)19(16)30/h2-3,6-7,10-11,17-18,23,27,30H,4-5,8-9,12-13,24-25H2,1H3,(H,26,32)(H,28,31). The molecule has 0 spiro atoms. The number of nitrogens with one attached hydrogen (secondary N) is 3. The molecule has 2 unspecified atom stereocenters. The van der Waals surface area contributed by atoms with Crippen molar-refractivity contribution in [2.45, 2.75) is 44.1 Å². The quantitative estimate of drug-likeness (QED) is 0.228. The van der Waals surface area contributed by atoms with Crippen molar-refractivity contribution in [1.29, 1.82) is 0 Å². The van der Waals surface area contributed by atoms with Crippen molar-refractivity contribution < 1.29 is 19.5 Å². The second-order valence-corrected chi connectivity index (χ2v) is 8.13. The van der Waals surface area contributed by atoms with Crippen LogP contribution in [0, 0.1) is 0 Å². The van der Waals surface area contributed by atoms with Gasteiger partial charge in [0.15, 0.2) is 0 Å². The van der Waals surface area contributed by atoms with E-state index in [1.165, 1.54) is 18.0 Å². The molecular weight excluding hydrogens is 424 g/mol. The van der Waals surface area contributed by atoms with Crippen LogP contribution in [0.2, 0.25) is 0 Å². The lowest BCUT2D eigenvalue weighted by molar-refractivity contribution is -0.139. The Morgan fingerprint density at radius 2 is 1.94 bits per heavy atom. The number of carbonyl (C=O) groups is 3. The number of amides is 3. The molecule has 3 rings (SSSR count). The summed E-state index contributed by atoms with van der Waals surface area (Å²) < 4.78 is 0. The van der Waals surface area contributed by atoms with Crippen LogP contribution in [0.4, 0.5) is 0 Å². The molecule has 2 atom stereocenters. The van der Waals surface area contributed by atoms with Crippen molar-refractivity contribution in [3.8, 4) is 5.75 Å². The number of phenolic OH excluding ortho intramolecular Hbond substituents is 1. The molecule has 1 aliphatic rings. The first-order valence-corrected chi connectivity index (χ1v) is 11.1. The van der Waals surface area contributed by atoms with Gasteiger partial charge in [-0.2, -0.15) is 0 Å². The van der Waals surface area contributed by atoms with E-state index in [-0.39, 0.29) is 23.1 Å². The van der Waals surface area contributed by atoms with E-state index in [0.29, 0.717) is 44.2 Å². The highest BCUT2D eigenvalue weighted by atomic mass is 16.3. The fourth-order valence-electron chi connectivity index (χ4n) is 4.18. The number of rotatable bonds is 9. The third-order valence-corrected chi connectivity index (χ3v) is 5.88. The highest BCUT2D eigenvalue weighted by Gasteiger charge is 2.37. The predicted molar refractivity (Wildman–Crippen MR) is 125 cm³/mol. The molecule has 1 aliphatic heterocycles. The molecule has 0 aliphatic carbocycles. The number of hydrogen-bond donors (Lipinski definition) is 6. The van der Waals surface area contributed by atoms with Gasteiger partial charge in [-0.3, -0.25) is 19.7 Å². The van der Waals surface area contributed by atoms with Crippen LogP contribution in [0.3, 0.4) is 0 Å². The number of benzene rings is 2. The Morgan fingerprint density at radius 1 is 1.18 bits per heavy atom. The Labute approximate surface area is 192 Å². The molecule has 0 saturated carbocycles. The van der Waals surface area contributed by atoms with Crippen LogP contribution in [0.25, 0.3) is 10.8 Å². The van der Waals surface area contributed by atoms with Crippen molar-refractivity contribution in [3.05, 3.63) is 42.0 Å². The summed E-state index contributed by atoms with van der Waals surface area (Å²) in [7, 11) is 1.53. The smallest absolute Gasteiger partial charge is 0.255 e. The van der Waals surface area contributed by atoms with Crippen molar-refractivity contribution in [2.75, 3.05) is 20.1 Å². The lowest BCUT2D eigenvalue weighted by Crippen LogP contribution is -2.53. The number of aromatic hydroxyl groups is 1. The Bertz CT molecular complexity index is 1010. The molecule has 1 heterocycles. The first kappa shape index (κ1) is 24.4. The van der Waals surface area contributed by atoms with E-state index >= 15 is 0 Å². The first-order valence-electron chi connectivity index (χ1n) is 11.1. The fourth-order valence-corrected chi connectivity index (χ4v) is 4.18. The zero-order valence-electron chi connectivity index (χ0n) is 18.7. The molecule has 8 N–H and O–H groups in total. The van der Waals surface area contributed by atoms with Crippen molar-refractivity contribution in [3.63, 3.8) is 0 Å². The summed E-state index contributed by atoms with van der Waals surface area (Å²) in [6.45, 7) is 0.897. The second kappa shape index (κ2) is 11.1. The molecule has 3 amide bonds. The lowest BCUT2D eigenvalue weighted by atomic mass is 10.0.